The smallest absolute Gasteiger partial charge is 0.254 e. The maximum atomic E-state index is 9.10. The van der Waals surface area contributed by atoms with E-state index in [-0.39, 0.29) is 6.61 Å². The third-order valence-corrected chi connectivity index (χ3v) is 3.76. The Bertz CT molecular complexity index is 987. The molecule has 3 aromatic heterocycles. The molecule has 0 aliphatic carbocycles. The van der Waals surface area contributed by atoms with Crippen LogP contribution in [0.5, 0.6) is 0 Å². The summed E-state index contributed by atoms with van der Waals surface area (Å²) in [6, 6.07) is 10.1. The number of nitrogens with one attached hydrogen (secondary N) is 1. The molecule has 116 valence electrons. The number of anilines is 2. The van der Waals surface area contributed by atoms with Crippen molar-refractivity contribution in [2.45, 2.75) is 13.5 Å². The molecule has 0 saturated heterocycles. The molecule has 2 N–H and O–H groups in total. The maximum absolute atomic E-state index is 9.10. The Kier molecular flexibility index (Phi) is 3.20. The van der Waals surface area contributed by atoms with Crippen LogP contribution in [0, 0.1) is 6.92 Å². The fraction of sp³-hybridized carbons (Fsp3) is 0.188. The molecule has 0 bridgehead atoms. The second-order valence-electron chi connectivity index (χ2n) is 5.39. The lowest BCUT2D eigenvalue weighted by molar-refractivity contribution is 0.278. The van der Waals surface area contributed by atoms with Crippen LogP contribution in [0.4, 0.5) is 11.5 Å². The standard InChI is InChI=1S/C16H16N6O/c1-11-8-15(22-16(19-11)17-10-18-22)20-13-2-3-14-12(9-13)4-5-21(14)6-7-23/h2-5,8-10,20,23H,6-7H2,1H3. The van der Waals surface area contributed by atoms with E-state index < -0.39 is 0 Å². The molecule has 0 aliphatic heterocycles. The number of fused-ring (bicyclic) bond motifs is 2. The van der Waals surface area contributed by atoms with E-state index in [0.717, 1.165) is 28.1 Å². The van der Waals surface area contributed by atoms with Gasteiger partial charge in [-0.15, -0.1) is 0 Å². The van der Waals surface area contributed by atoms with Crippen LogP contribution in [0.2, 0.25) is 0 Å². The molecule has 0 aliphatic rings. The van der Waals surface area contributed by atoms with Gasteiger partial charge in [0.2, 0.25) is 0 Å². The SMILES string of the molecule is Cc1cc(Nc2ccc3c(ccn3CCO)c2)n2ncnc2n1. The molecule has 0 saturated carbocycles. The Labute approximate surface area is 132 Å². The van der Waals surface area contributed by atoms with Crippen LogP contribution in [-0.2, 0) is 6.54 Å². The predicted molar refractivity (Wildman–Crippen MR) is 87.8 cm³/mol. The molecule has 0 spiro atoms. The van der Waals surface area contributed by atoms with Gasteiger partial charge in [-0.2, -0.15) is 14.6 Å². The van der Waals surface area contributed by atoms with E-state index in [0.29, 0.717) is 12.3 Å². The minimum atomic E-state index is 0.129. The van der Waals surface area contributed by atoms with Crippen LogP contribution in [0.1, 0.15) is 5.69 Å². The second kappa shape index (κ2) is 5.36. The lowest BCUT2D eigenvalue weighted by Crippen LogP contribution is -2.03. The molecule has 4 aromatic rings. The van der Waals surface area contributed by atoms with E-state index >= 15 is 0 Å². The fourth-order valence-electron chi connectivity index (χ4n) is 2.75. The number of hydrogen-bond donors (Lipinski definition) is 2. The number of nitrogens with zero attached hydrogens (tertiary/aromatic N) is 5. The molecule has 0 fully saturated rings. The lowest BCUT2D eigenvalue weighted by Gasteiger charge is -2.09. The highest BCUT2D eigenvalue weighted by atomic mass is 16.3. The van der Waals surface area contributed by atoms with Crippen LogP contribution in [-0.4, -0.2) is 35.9 Å². The molecule has 3 heterocycles. The van der Waals surface area contributed by atoms with Crippen LogP contribution >= 0.6 is 0 Å². The third kappa shape index (κ3) is 2.40. The second-order valence-corrected chi connectivity index (χ2v) is 5.39. The summed E-state index contributed by atoms with van der Waals surface area (Å²) in [5, 5.41) is 17.8. The topological polar surface area (TPSA) is 80.3 Å². The molecule has 0 unspecified atom stereocenters. The summed E-state index contributed by atoms with van der Waals surface area (Å²) in [4.78, 5) is 8.46. The fourth-order valence-corrected chi connectivity index (χ4v) is 2.75. The third-order valence-electron chi connectivity index (χ3n) is 3.76. The van der Waals surface area contributed by atoms with Crippen LogP contribution in [0.15, 0.2) is 42.9 Å². The van der Waals surface area contributed by atoms with Gasteiger partial charge in [-0.05, 0) is 31.2 Å². The molecule has 0 atom stereocenters. The van der Waals surface area contributed by atoms with Gasteiger partial charge < -0.3 is 15.0 Å². The highest BCUT2D eigenvalue weighted by Gasteiger charge is 2.07. The van der Waals surface area contributed by atoms with Gasteiger partial charge >= 0.3 is 0 Å². The molecule has 7 nitrogen and oxygen atoms in total. The zero-order chi connectivity index (χ0) is 15.8. The van der Waals surface area contributed by atoms with Gasteiger partial charge in [-0.3, -0.25) is 0 Å². The molecule has 0 radical (unpaired) electrons. The largest absolute Gasteiger partial charge is 0.395 e. The number of hydrogen-bond acceptors (Lipinski definition) is 5. The number of aromatic nitrogens is 5. The van der Waals surface area contributed by atoms with E-state index in [1.807, 2.05) is 42.0 Å². The summed E-state index contributed by atoms with van der Waals surface area (Å²) in [6.45, 7) is 2.65. The number of aliphatic hydroxyl groups excluding tert-OH is 1. The van der Waals surface area contributed by atoms with Gasteiger partial charge in [-0.25, -0.2) is 4.98 Å². The molecular weight excluding hydrogens is 292 g/mol. The van der Waals surface area contributed by atoms with Gasteiger partial charge in [0.1, 0.15) is 12.1 Å². The van der Waals surface area contributed by atoms with Crippen LogP contribution in [0.25, 0.3) is 16.7 Å². The minimum Gasteiger partial charge on any atom is -0.395 e. The average molecular weight is 308 g/mol. The maximum Gasteiger partial charge on any atom is 0.254 e. The summed E-state index contributed by atoms with van der Waals surface area (Å²) >= 11 is 0. The Morgan fingerprint density at radius 2 is 2.13 bits per heavy atom. The van der Waals surface area contributed by atoms with Crippen molar-refractivity contribution >= 4 is 28.2 Å². The highest BCUT2D eigenvalue weighted by molar-refractivity contribution is 5.84. The molecular formula is C16H16N6O. The van der Waals surface area contributed by atoms with Crippen molar-refractivity contribution in [1.29, 1.82) is 0 Å². The number of aryl methyl sites for hydroxylation is 1. The quantitative estimate of drug-likeness (QED) is 0.603. The Morgan fingerprint density at radius 3 is 3.00 bits per heavy atom. The summed E-state index contributed by atoms with van der Waals surface area (Å²) in [5.41, 5.74) is 2.94. The van der Waals surface area contributed by atoms with Crippen molar-refractivity contribution in [1.82, 2.24) is 24.1 Å². The van der Waals surface area contributed by atoms with Crippen molar-refractivity contribution in [3.8, 4) is 0 Å². The highest BCUT2D eigenvalue weighted by Crippen LogP contribution is 2.23. The van der Waals surface area contributed by atoms with E-state index in [2.05, 4.69) is 26.4 Å². The summed E-state index contributed by atoms with van der Waals surface area (Å²) in [6.07, 6.45) is 3.47. The van der Waals surface area contributed by atoms with Crippen molar-refractivity contribution in [3.63, 3.8) is 0 Å². The van der Waals surface area contributed by atoms with Crippen molar-refractivity contribution in [2.75, 3.05) is 11.9 Å². The first-order chi connectivity index (χ1) is 11.2. The predicted octanol–water partition coefficient (Wildman–Crippen LogP) is 2.12. The van der Waals surface area contributed by atoms with Crippen molar-refractivity contribution in [2.24, 2.45) is 0 Å². The zero-order valence-electron chi connectivity index (χ0n) is 12.6. The normalized spacial score (nSPS) is 11.4. The first-order valence-electron chi connectivity index (χ1n) is 7.39. The molecule has 1 aromatic carbocycles. The lowest BCUT2D eigenvalue weighted by atomic mass is 10.2. The number of rotatable bonds is 4. The van der Waals surface area contributed by atoms with Gasteiger partial charge in [-0.1, -0.05) is 0 Å². The monoisotopic (exact) mass is 308 g/mol. The van der Waals surface area contributed by atoms with Gasteiger partial charge in [0.15, 0.2) is 0 Å². The summed E-state index contributed by atoms with van der Waals surface area (Å²) in [5.74, 6) is 1.39. The van der Waals surface area contributed by atoms with Crippen molar-refractivity contribution in [3.05, 3.63) is 48.5 Å². The average Bonchev–Trinajstić information content (AvgIpc) is 3.14. The van der Waals surface area contributed by atoms with E-state index in [4.69, 9.17) is 5.11 Å². The van der Waals surface area contributed by atoms with E-state index in [9.17, 15) is 0 Å². The molecule has 4 rings (SSSR count). The first-order valence-corrected chi connectivity index (χ1v) is 7.39. The Balaban J connectivity index is 1.73. The summed E-state index contributed by atoms with van der Waals surface area (Å²) in [7, 11) is 0. The Morgan fingerprint density at radius 1 is 1.22 bits per heavy atom. The van der Waals surface area contributed by atoms with E-state index in [1.54, 1.807) is 4.52 Å². The van der Waals surface area contributed by atoms with Crippen LogP contribution < -0.4 is 5.32 Å². The van der Waals surface area contributed by atoms with Gasteiger partial charge in [0, 0.05) is 41.1 Å². The van der Waals surface area contributed by atoms with Crippen molar-refractivity contribution < 1.29 is 5.11 Å². The summed E-state index contributed by atoms with van der Waals surface area (Å²) < 4.78 is 3.71. The first kappa shape index (κ1) is 13.7. The molecule has 0 amide bonds. The van der Waals surface area contributed by atoms with Gasteiger partial charge in [0.05, 0.1) is 6.61 Å². The number of aliphatic hydroxyl groups is 1. The Hall–Kier alpha value is -2.93. The van der Waals surface area contributed by atoms with Crippen LogP contribution in [0.3, 0.4) is 0 Å². The number of benzene rings is 1. The molecule has 23 heavy (non-hydrogen) atoms. The van der Waals surface area contributed by atoms with E-state index in [1.165, 1.54) is 6.33 Å². The van der Waals surface area contributed by atoms with Gasteiger partial charge in [0.25, 0.3) is 5.78 Å². The minimum absolute atomic E-state index is 0.129. The zero-order valence-corrected chi connectivity index (χ0v) is 12.6. The molecule has 7 heteroatoms.